The molecule has 3 fully saturated rings. The Hall–Kier alpha value is -0.650. The van der Waals surface area contributed by atoms with E-state index in [-0.39, 0.29) is 30.0 Å². The van der Waals surface area contributed by atoms with Crippen LogP contribution in [0.2, 0.25) is 0 Å². The third-order valence-electron chi connectivity index (χ3n) is 6.31. The first-order chi connectivity index (χ1) is 14.7. The van der Waals surface area contributed by atoms with E-state index in [0.717, 1.165) is 104 Å². The molecule has 0 aliphatic carbocycles. The van der Waals surface area contributed by atoms with Gasteiger partial charge in [-0.2, -0.15) is 0 Å². The minimum absolute atomic E-state index is 0. The molecule has 0 saturated carbocycles. The summed E-state index contributed by atoms with van der Waals surface area (Å²) in [5.41, 5.74) is 0. The van der Waals surface area contributed by atoms with Gasteiger partial charge in [-0.1, -0.05) is 0 Å². The van der Waals surface area contributed by atoms with Gasteiger partial charge in [0.05, 0.1) is 18.8 Å². The van der Waals surface area contributed by atoms with Gasteiger partial charge >= 0.3 is 0 Å². The van der Waals surface area contributed by atoms with Crippen molar-refractivity contribution in [1.82, 2.24) is 20.0 Å². The minimum Gasteiger partial charge on any atom is -0.379 e. The number of nitrogens with one attached hydrogen (secondary N) is 1. The summed E-state index contributed by atoms with van der Waals surface area (Å²) in [5.74, 6) is 1.28. The van der Waals surface area contributed by atoms with Crippen LogP contribution in [-0.2, 0) is 14.3 Å². The maximum absolute atomic E-state index is 12.7. The molecule has 3 saturated heterocycles. The molecule has 3 rings (SSSR count). The van der Waals surface area contributed by atoms with Gasteiger partial charge in [0.1, 0.15) is 0 Å². The lowest BCUT2D eigenvalue weighted by Gasteiger charge is -2.39. The highest BCUT2D eigenvalue weighted by molar-refractivity contribution is 14.0. The number of amides is 1. The third kappa shape index (κ3) is 8.33. The SMILES string of the molecule is CCNC(=NCCCOCC1CCCO1)N1CCN(C(C)C(=O)N2CCCC2)CC1.I. The largest absolute Gasteiger partial charge is 0.379 e. The van der Waals surface area contributed by atoms with Crippen LogP contribution in [0, 0.1) is 0 Å². The second-order valence-corrected chi connectivity index (χ2v) is 8.53. The van der Waals surface area contributed by atoms with E-state index in [0.29, 0.717) is 18.6 Å². The van der Waals surface area contributed by atoms with Crippen molar-refractivity contribution in [2.75, 3.05) is 72.2 Å². The van der Waals surface area contributed by atoms with E-state index in [2.05, 4.69) is 29.0 Å². The van der Waals surface area contributed by atoms with E-state index < -0.39 is 0 Å². The highest BCUT2D eigenvalue weighted by Gasteiger charge is 2.30. The molecule has 9 heteroatoms. The van der Waals surface area contributed by atoms with Crippen LogP contribution in [0.15, 0.2) is 4.99 Å². The lowest BCUT2D eigenvalue weighted by Crippen LogP contribution is -2.57. The Balaban J connectivity index is 0.00000341. The second-order valence-electron chi connectivity index (χ2n) is 8.53. The molecule has 0 spiro atoms. The van der Waals surface area contributed by atoms with Crippen LogP contribution in [0.1, 0.15) is 46.0 Å². The number of piperazine rings is 1. The fraction of sp³-hybridized carbons (Fsp3) is 0.909. The predicted molar refractivity (Wildman–Crippen MR) is 134 cm³/mol. The van der Waals surface area contributed by atoms with Gasteiger partial charge in [-0.3, -0.25) is 14.7 Å². The van der Waals surface area contributed by atoms with Crippen LogP contribution in [0.4, 0.5) is 0 Å². The number of guanidine groups is 1. The zero-order valence-electron chi connectivity index (χ0n) is 19.4. The topological polar surface area (TPSA) is 69.6 Å². The summed E-state index contributed by atoms with van der Waals surface area (Å²) in [7, 11) is 0. The van der Waals surface area contributed by atoms with Gasteiger partial charge in [-0.15, -0.1) is 24.0 Å². The zero-order chi connectivity index (χ0) is 21.2. The lowest BCUT2D eigenvalue weighted by atomic mass is 10.2. The normalized spacial score (nSPS) is 23.7. The number of carbonyl (C=O) groups is 1. The molecule has 1 N–H and O–H groups in total. The molecule has 31 heavy (non-hydrogen) atoms. The predicted octanol–water partition coefficient (Wildman–Crippen LogP) is 1.78. The number of ether oxygens (including phenoxy) is 2. The van der Waals surface area contributed by atoms with E-state index in [4.69, 9.17) is 14.5 Å². The quantitative estimate of drug-likeness (QED) is 0.204. The number of nitrogens with zero attached hydrogens (tertiary/aromatic N) is 4. The molecule has 3 aliphatic rings. The summed E-state index contributed by atoms with van der Waals surface area (Å²) in [6.45, 7) is 13.6. The molecular weight excluding hydrogens is 509 g/mol. The Bertz CT molecular complexity index is 545. The van der Waals surface area contributed by atoms with Crippen LogP contribution in [-0.4, -0.2) is 111 Å². The Labute approximate surface area is 205 Å². The lowest BCUT2D eigenvalue weighted by molar-refractivity contribution is -0.135. The summed E-state index contributed by atoms with van der Waals surface area (Å²) < 4.78 is 11.3. The summed E-state index contributed by atoms with van der Waals surface area (Å²) in [5, 5.41) is 3.42. The maximum atomic E-state index is 12.7. The molecule has 0 aromatic carbocycles. The molecule has 2 atom stereocenters. The molecule has 3 aliphatic heterocycles. The highest BCUT2D eigenvalue weighted by Crippen LogP contribution is 2.14. The number of hydrogen-bond donors (Lipinski definition) is 1. The summed E-state index contributed by atoms with van der Waals surface area (Å²) in [4.78, 5) is 24.2. The number of rotatable bonds is 9. The number of aliphatic imine (C=N–C) groups is 1. The molecule has 2 unspecified atom stereocenters. The Morgan fingerprint density at radius 2 is 1.87 bits per heavy atom. The molecule has 0 aromatic rings. The first kappa shape index (κ1) is 26.6. The van der Waals surface area contributed by atoms with Crippen molar-refractivity contribution in [2.45, 2.75) is 58.1 Å². The van der Waals surface area contributed by atoms with Crippen LogP contribution in [0.3, 0.4) is 0 Å². The molecule has 1 amide bonds. The molecule has 0 bridgehead atoms. The fourth-order valence-corrected chi connectivity index (χ4v) is 4.45. The average Bonchev–Trinajstić information content (AvgIpc) is 3.49. The van der Waals surface area contributed by atoms with Gasteiger partial charge < -0.3 is 24.6 Å². The van der Waals surface area contributed by atoms with Crippen molar-refractivity contribution in [3.63, 3.8) is 0 Å². The molecule has 0 aromatic heterocycles. The van der Waals surface area contributed by atoms with Gasteiger partial charge in [0.25, 0.3) is 0 Å². The minimum atomic E-state index is -0.0224. The van der Waals surface area contributed by atoms with Gasteiger partial charge in [-0.25, -0.2) is 0 Å². The van der Waals surface area contributed by atoms with Crippen LogP contribution in [0.5, 0.6) is 0 Å². The molecule has 180 valence electrons. The third-order valence-corrected chi connectivity index (χ3v) is 6.31. The smallest absolute Gasteiger partial charge is 0.239 e. The van der Waals surface area contributed by atoms with E-state index in [1.807, 2.05) is 4.90 Å². The van der Waals surface area contributed by atoms with Gasteiger partial charge in [0.15, 0.2) is 5.96 Å². The van der Waals surface area contributed by atoms with Gasteiger partial charge in [-0.05, 0) is 46.0 Å². The van der Waals surface area contributed by atoms with Crippen molar-refractivity contribution < 1.29 is 14.3 Å². The second kappa shape index (κ2) is 14.5. The van der Waals surface area contributed by atoms with Gasteiger partial charge in [0.2, 0.25) is 5.91 Å². The monoisotopic (exact) mass is 551 g/mol. The molecular formula is C22H42IN5O3. The van der Waals surface area contributed by atoms with E-state index >= 15 is 0 Å². The van der Waals surface area contributed by atoms with Crippen LogP contribution >= 0.6 is 24.0 Å². The zero-order valence-corrected chi connectivity index (χ0v) is 21.7. The van der Waals surface area contributed by atoms with Crippen molar-refractivity contribution in [3.05, 3.63) is 0 Å². The van der Waals surface area contributed by atoms with Crippen LogP contribution < -0.4 is 5.32 Å². The van der Waals surface area contributed by atoms with E-state index in [1.54, 1.807) is 0 Å². The summed E-state index contributed by atoms with van der Waals surface area (Å²) >= 11 is 0. The van der Waals surface area contributed by atoms with E-state index in [1.165, 1.54) is 0 Å². The van der Waals surface area contributed by atoms with Crippen molar-refractivity contribution in [3.8, 4) is 0 Å². The van der Waals surface area contributed by atoms with E-state index in [9.17, 15) is 4.79 Å². The van der Waals surface area contributed by atoms with Crippen molar-refractivity contribution >= 4 is 35.8 Å². The van der Waals surface area contributed by atoms with Crippen molar-refractivity contribution in [1.29, 1.82) is 0 Å². The molecule has 3 heterocycles. The summed E-state index contributed by atoms with van der Waals surface area (Å²) in [6.07, 6.45) is 5.78. The maximum Gasteiger partial charge on any atom is 0.239 e. The highest BCUT2D eigenvalue weighted by atomic mass is 127. The fourth-order valence-electron chi connectivity index (χ4n) is 4.45. The number of halogens is 1. The Kier molecular flexibility index (Phi) is 12.4. The summed E-state index contributed by atoms with van der Waals surface area (Å²) in [6, 6.07) is -0.0224. The Morgan fingerprint density at radius 3 is 2.52 bits per heavy atom. The first-order valence-electron chi connectivity index (χ1n) is 11.9. The van der Waals surface area contributed by atoms with Gasteiger partial charge in [0, 0.05) is 65.6 Å². The number of likely N-dealkylation sites (tertiary alicyclic amines) is 1. The number of hydrogen-bond acceptors (Lipinski definition) is 5. The van der Waals surface area contributed by atoms with Crippen molar-refractivity contribution in [2.24, 2.45) is 4.99 Å². The molecule has 8 nitrogen and oxygen atoms in total. The van der Waals surface area contributed by atoms with Crippen LogP contribution in [0.25, 0.3) is 0 Å². The molecule has 0 radical (unpaired) electrons. The Morgan fingerprint density at radius 1 is 1.13 bits per heavy atom. The standard InChI is InChI=1S/C22H41N5O3.HI/c1-3-23-22(24-9-7-16-29-18-20-8-6-17-30-20)27-14-12-25(13-15-27)19(2)21(28)26-10-4-5-11-26;/h19-20H,3-18H2,1-2H3,(H,23,24);1H. The first-order valence-corrected chi connectivity index (χ1v) is 11.9. The number of carbonyl (C=O) groups excluding carboxylic acids is 1. The average molecular weight is 552 g/mol.